The summed E-state index contributed by atoms with van der Waals surface area (Å²) in [5, 5.41) is 12.1. The predicted molar refractivity (Wildman–Crippen MR) is 73.6 cm³/mol. The van der Waals surface area contributed by atoms with E-state index in [9.17, 15) is 9.59 Å². The minimum absolute atomic E-state index is 0.0594. The van der Waals surface area contributed by atoms with E-state index in [1.165, 1.54) is 31.0 Å². The maximum Gasteiger partial charge on any atom is 0.337 e. The Morgan fingerprint density at radius 2 is 2.00 bits per heavy atom. The van der Waals surface area contributed by atoms with Crippen LogP contribution in [0.3, 0.4) is 0 Å². The van der Waals surface area contributed by atoms with Crippen molar-refractivity contribution in [2.45, 2.75) is 32.1 Å². The number of carbonyl (C=O) groups excluding carboxylic acids is 1. The van der Waals surface area contributed by atoms with Crippen LogP contribution in [0.4, 0.5) is 5.69 Å². The normalized spacial score (nSPS) is 15.4. The van der Waals surface area contributed by atoms with Gasteiger partial charge in [-0.25, -0.2) is 4.79 Å². The Balaban J connectivity index is 2.06. The fourth-order valence-electron chi connectivity index (χ4n) is 2.48. The van der Waals surface area contributed by atoms with E-state index in [-0.39, 0.29) is 17.2 Å². The highest BCUT2D eigenvalue weighted by molar-refractivity contribution is 6.31. The highest BCUT2D eigenvalue weighted by atomic mass is 35.5. The number of aromatic carboxylic acids is 1. The number of rotatable bonds is 4. The Kier molecular flexibility index (Phi) is 4.43. The van der Waals surface area contributed by atoms with Gasteiger partial charge in [0.25, 0.3) is 0 Å². The molecule has 0 radical (unpaired) electrons. The molecule has 0 aromatic heterocycles. The van der Waals surface area contributed by atoms with Crippen LogP contribution in [0.15, 0.2) is 18.2 Å². The molecule has 0 aliphatic heterocycles. The van der Waals surface area contributed by atoms with Crippen LogP contribution in [-0.4, -0.2) is 17.0 Å². The molecule has 4 nitrogen and oxygen atoms in total. The van der Waals surface area contributed by atoms with Crippen molar-refractivity contribution in [3.8, 4) is 0 Å². The van der Waals surface area contributed by atoms with Gasteiger partial charge in [-0.2, -0.15) is 0 Å². The van der Waals surface area contributed by atoms with Gasteiger partial charge in [0.2, 0.25) is 5.91 Å². The van der Waals surface area contributed by atoms with Crippen LogP contribution in [0, 0.1) is 5.92 Å². The Morgan fingerprint density at radius 3 is 2.63 bits per heavy atom. The molecule has 0 atom stereocenters. The summed E-state index contributed by atoms with van der Waals surface area (Å²) < 4.78 is 0. The van der Waals surface area contributed by atoms with Gasteiger partial charge in [-0.3, -0.25) is 4.79 Å². The van der Waals surface area contributed by atoms with Crippen LogP contribution in [0.1, 0.15) is 42.5 Å². The highest BCUT2D eigenvalue weighted by Gasteiger charge is 2.20. The second kappa shape index (κ2) is 6.06. The molecule has 1 aromatic carbocycles. The van der Waals surface area contributed by atoms with Crippen LogP contribution < -0.4 is 5.32 Å². The molecule has 0 heterocycles. The van der Waals surface area contributed by atoms with Gasteiger partial charge >= 0.3 is 5.97 Å². The van der Waals surface area contributed by atoms with Crippen LogP contribution in [0.25, 0.3) is 0 Å². The third-order valence-corrected chi connectivity index (χ3v) is 3.67. The number of halogens is 1. The summed E-state index contributed by atoms with van der Waals surface area (Å²) in [5.41, 5.74) is 0.326. The smallest absolute Gasteiger partial charge is 0.337 e. The van der Waals surface area contributed by atoms with E-state index in [4.69, 9.17) is 16.7 Å². The lowest BCUT2D eigenvalue weighted by atomic mass is 10.0. The van der Waals surface area contributed by atoms with Gasteiger partial charge in [-0.05, 0) is 37.0 Å². The minimum atomic E-state index is -1.08. The van der Waals surface area contributed by atoms with E-state index in [1.54, 1.807) is 0 Å². The molecule has 2 N–H and O–H groups in total. The van der Waals surface area contributed by atoms with Crippen molar-refractivity contribution in [3.63, 3.8) is 0 Å². The summed E-state index contributed by atoms with van der Waals surface area (Å²) in [4.78, 5) is 23.0. The monoisotopic (exact) mass is 281 g/mol. The zero-order valence-corrected chi connectivity index (χ0v) is 11.2. The number of anilines is 1. The average Bonchev–Trinajstić information content (AvgIpc) is 2.81. The molecule has 0 unspecified atom stereocenters. The van der Waals surface area contributed by atoms with Crippen LogP contribution >= 0.6 is 11.6 Å². The number of benzene rings is 1. The number of amides is 1. The molecule has 1 aliphatic carbocycles. The molecule has 1 saturated carbocycles. The maximum atomic E-state index is 11.9. The van der Waals surface area contributed by atoms with Crippen LogP contribution in [0.5, 0.6) is 0 Å². The topological polar surface area (TPSA) is 66.4 Å². The third kappa shape index (κ3) is 3.70. The molecule has 0 saturated heterocycles. The molecule has 0 spiro atoms. The van der Waals surface area contributed by atoms with Gasteiger partial charge < -0.3 is 10.4 Å². The first-order valence-corrected chi connectivity index (χ1v) is 6.77. The van der Waals surface area contributed by atoms with Crippen molar-refractivity contribution in [2.75, 3.05) is 5.32 Å². The fraction of sp³-hybridized carbons (Fsp3) is 0.429. The van der Waals surface area contributed by atoms with Gasteiger partial charge in [0, 0.05) is 11.4 Å². The van der Waals surface area contributed by atoms with Crippen LogP contribution in [-0.2, 0) is 4.79 Å². The molecule has 1 aromatic rings. The first-order chi connectivity index (χ1) is 9.06. The Labute approximate surface area is 116 Å². The summed E-state index contributed by atoms with van der Waals surface area (Å²) >= 11 is 5.83. The van der Waals surface area contributed by atoms with Gasteiger partial charge in [-0.1, -0.05) is 24.4 Å². The van der Waals surface area contributed by atoms with Crippen LogP contribution in [0.2, 0.25) is 5.02 Å². The summed E-state index contributed by atoms with van der Waals surface area (Å²) in [6, 6.07) is 4.37. The molecular formula is C14H16ClNO3. The van der Waals surface area contributed by atoms with Gasteiger partial charge in [-0.15, -0.1) is 0 Å². The van der Waals surface area contributed by atoms with E-state index in [0.29, 0.717) is 17.4 Å². The molecule has 2 rings (SSSR count). The SMILES string of the molecule is O=C(CC1CCCC1)Nc1cc(Cl)ccc1C(=O)O. The number of carboxylic acid groups (broad SMARTS) is 1. The number of carboxylic acids is 1. The molecule has 5 heteroatoms. The molecule has 1 aliphatic rings. The molecule has 1 fully saturated rings. The van der Waals surface area contributed by atoms with E-state index in [1.807, 2.05) is 0 Å². The standard InChI is InChI=1S/C14H16ClNO3/c15-10-5-6-11(14(18)19)12(8-10)16-13(17)7-9-3-1-2-4-9/h5-6,8-9H,1-4,7H2,(H,16,17)(H,18,19). The lowest BCUT2D eigenvalue weighted by Crippen LogP contribution is -2.17. The fourth-order valence-corrected chi connectivity index (χ4v) is 2.66. The first-order valence-electron chi connectivity index (χ1n) is 6.39. The third-order valence-electron chi connectivity index (χ3n) is 3.43. The quantitative estimate of drug-likeness (QED) is 0.887. The summed E-state index contributed by atoms with van der Waals surface area (Å²) in [6.07, 6.45) is 4.96. The Hall–Kier alpha value is -1.55. The van der Waals surface area contributed by atoms with E-state index >= 15 is 0 Å². The zero-order chi connectivity index (χ0) is 13.8. The molecule has 102 valence electrons. The van der Waals surface area contributed by atoms with Gasteiger partial charge in [0.05, 0.1) is 11.3 Å². The van der Waals surface area contributed by atoms with Crippen molar-refractivity contribution >= 4 is 29.2 Å². The Morgan fingerprint density at radius 1 is 1.32 bits per heavy atom. The summed E-state index contributed by atoms with van der Waals surface area (Å²) in [7, 11) is 0. The van der Waals surface area contributed by atoms with Crippen molar-refractivity contribution in [1.29, 1.82) is 0 Å². The average molecular weight is 282 g/mol. The number of hydrogen-bond donors (Lipinski definition) is 2. The summed E-state index contributed by atoms with van der Waals surface area (Å²) in [6.45, 7) is 0. The number of carbonyl (C=O) groups is 2. The second-order valence-corrected chi connectivity index (χ2v) is 5.33. The summed E-state index contributed by atoms with van der Waals surface area (Å²) in [5.74, 6) is -0.794. The Bertz CT molecular complexity index is 495. The first kappa shape index (κ1) is 13.9. The maximum absolute atomic E-state index is 11.9. The predicted octanol–water partition coefficient (Wildman–Crippen LogP) is 3.56. The molecule has 0 bridgehead atoms. The van der Waals surface area contributed by atoms with Gasteiger partial charge in [0.1, 0.15) is 0 Å². The van der Waals surface area contributed by atoms with Crippen molar-refractivity contribution in [2.24, 2.45) is 5.92 Å². The number of hydrogen-bond acceptors (Lipinski definition) is 2. The lowest BCUT2D eigenvalue weighted by molar-refractivity contribution is -0.117. The molecule has 19 heavy (non-hydrogen) atoms. The van der Waals surface area contributed by atoms with Crippen molar-refractivity contribution in [3.05, 3.63) is 28.8 Å². The zero-order valence-electron chi connectivity index (χ0n) is 10.5. The largest absolute Gasteiger partial charge is 0.478 e. The highest BCUT2D eigenvalue weighted by Crippen LogP contribution is 2.28. The number of nitrogens with one attached hydrogen (secondary N) is 1. The lowest BCUT2D eigenvalue weighted by Gasteiger charge is -2.11. The van der Waals surface area contributed by atoms with E-state index in [0.717, 1.165) is 12.8 Å². The van der Waals surface area contributed by atoms with Crippen molar-refractivity contribution in [1.82, 2.24) is 0 Å². The van der Waals surface area contributed by atoms with E-state index in [2.05, 4.69) is 5.32 Å². The van der Waals surface area contributed by atoms with Gasteiger partial charge in [0.15, 0.2) is 0 Å². The minimum Gasteiger partial charge on any atom is -0.478 e. The van der Waals surface area contributed by atoms with E-state index < -0.39 is 5.97 Å². The molecular weight excluding hydrogens is 266 g/mol. The molecule has 1 amide bonds. The second-order valence-electron chi connectivity index (χ2n) is 4.90. The van der Waals surface area contributed by atoms with Crippen molar-refractivity contribution < 1.29 is 14.7 Å².